The van der Waals surface area contributed by atoms with E-state index in [0.29, 0.717) is 54.3 Å². The second kappa shape index (κ2) is 7.48. The highest BCUT2D eigenvalue weighted by Gasteiger charge is 2.34. The van der Waals surface area contributed by atoms with Gasteiger partial charge in [-0.15, -0.1) is 0 Å². The Kier molecular flexibility index (Phi) is 4.63. The van der Waals surface area contributed by atoms with Crippen LogP contribution in [0.4, 0.5) is 5.69 Å². The molecule has 0 N–H and O–H groups in total. The molecule has 0 saturated carbocycles. The first kappa shape index (κ1) is 19.2. The Morgan fingerprint density at radius 2 is 1.87 bits per heavy atom. The smallest absolute Gasteiger partial charge is 0.289 e. The summed E-state index contributed by atoms with van der Waals surface area (Å²) >= 11 is 0. The van der Waals surface area contributed by atoms with Crippen LogP contribution in [0.5, 0.6) is 0 Å². The Bertz CT molecular complexity index is 1250. The second-order valence-corrected chi connectivity index (χ2v) is 7.36. The van der Waals surface area contributed by atoms with Gasteiger partial charge >= 0.3 is 0 Å². The molecule has 1 fully saturated rings. The molecule has 5 rings (SSSR count). The predicted octanol–water partition coefficient (Wildman–Crippen LogP) is 2.89. The first-order chi connectivity index (χ1) is 15.0. The zero-order valence-electron chi connectivity index (χ0n) is 16.8. The molecule has 0 unspecified atom stereocenters. The van der Waals surface area contributed by atoms with Crippen molar-refractivity contribution >= 4 is 40.5 Å². The Hall–Kier alpha value is -3.78. The minimum absolute atomic E-state index is 0.203. The van der Waals surface area contributed by atoms with E-state index in [1.54, 1.807) is 53.4 Å². The Morgan fingerprint density at radius 3 is 2.65 bits per heavy atom. The maximum Gasteiger partial charge on any atom is 0.289 e. The summed E-state index contributed by atoms with van der Waals surface area (Å²) in [5.74, 6) is -0.482. The summed E-state index contributed by atoms with van der Waals surface area (Å²) < 4.78 is 11.0. The highest BCUT2D eigenvalue weighted by Crippen LogP contribution is 2.35. The number of carbonyl (C=O) groups excluding carboxylic acids is 3. The lowest BCUT2D eigenvalue weighted by Gasteiger charge is -2.25. The number of para-hydroxylation sites is 1. The van der Waals surface area contributed by atoms with Crippen LogP contribution in [0.1, 0.15) is 33.5 Å². The van der Waals surface area contributed by atoms with Crippen LogP contribution in [0, 0.1) is 0 Å². The molecule has 0 aliphatic carbocycles. The Morgan fingerprint density at radius 1 is 1.10 bits per heavy atom. The molecule has 1 aromatic carbocycles. The zero-order valence-corrected chi connectivity index (χ0v) is 16.8. The van der Waals surface area contributed by atoms with Gasteiger partial charge in [0.1, 0.15) is 5.52 Å². The highest BCUT2D eigenvalue weighted by molar-refractivity contribution is 6.26. The number of benzene rings is 1. The van der Waals surface area contributed by atoms with Gasteiger partial charge in [0.15, 0.2) is 11.3 Å². The number of hydrogen-bond donors (Lipinski definition) is 0. The van der Waals surface area contributed by atoms with Gasteiger partial charge in [0.2, 0.25) is 11.7 Å². The number of rotatable bonds is 2. The van der Waals surface area contributed by atoms with Crippen molar-refractivity contribution in [3.63, 3.8) is 0 Å². The number of ketones is 1. The topological polar surface area (TPSA) is 93.0 Å². The van der Waals surface area contributed by atoms with Crippen molar-refractivity contribution in [1.82, 2.24) is 9.88 Å². The van der Waals surface area contributed by atoms with Crippen molar-refractivity contribution in [3.8, 4) is 0 Å². The normalized spacial score (nSPS) is 17.5. The van der Waals surface area contributed by atoms with Crippen molar-refractivity contribution in [2.45, 2.75) is 6.92 Å². The number of Topliss-reactive ketones (excluding diaryl/α,β-unsaturated/α-hetero) is 1. The minimum Gasteiger partial charge on any atom is -0.449 e. The van der Waals surface area contributed by atoms with Crippen molar-refractivity contribution in [1.29, 1.82) is 0 Å². The van der Waals surface area contributed by atoms with E-state index in [-0.39, 0.29) is 29.1 Å². The third-order valence-electron chi connectivity index (χ3n) is 5.37. The first-order valence-electron chi connectivity index (χ1n) is 9.96. The molecule has 0 radical (unpaired) electrons. The molecule has 1 saturated heterocycles. The fraction of sp³-hybridized carbons (Fsp3) is 0.217. The summed E-state index contributed by atoms with van der Waals surface area (Å²) in [6.45, 7) is 3.46. The molecule has 3 aromatic rings. The van der Waals surface area contributed by atoms with Crippen molar-refractivity contribution < 1.29 is 23.5 Å². The fourth-order valence-electron chi connectivity index (χ4n) is 3.89. The monoisotopic (exact) mass is 417 g/mol. The van der Waals surface area contributed by atoms with Crippen LogP contribution in [0.15, 0.2) is 52.6 Å². The number of nitrogens with zero attached hydrogens (tertiary/aromatic N) is 3. The van der Waals surface area contributed by atoms with Gasteiger partial charge in [-0.1, -0.05) is 12.1 Å². The number of anilines is 1. The van der Waals surface area contributed by atoms with E-state index in [2.05, 4.69) is 4.98 Å². The van der Waals surface area contributed by atoms with Crippen LogP contribution >= 0.6 is 0 Å². The zero-order chi connectivity index (χ0) is 21.5. The molecule has 0 bridgehead atoms. The maximum absolute atomic E-state index is 12.9. The van der Waals surface area contributed by atoms with E-state index in [0.717, 1.165) is 0 Å². The lowest BCUT2D eigenvalue weighted by molar-refractivity contribution is -0.116. The number of pyridine rings is 1. The number of amides is 2. The van der Waals surface area contributed by atoms with Crippen LogP contribution in [0.25, 0.3) is 17.2 Å². The van der Waals surface area contributed by atoms with Crippen LogP contribution < -0.4 is 4.90 Å². The van der Waals surface area contributed by atoms with Crippen molar-refractivity contribution in [3.05, 3.63) is 65.2 Å². The Balaban J connectivity index is 1.49. The predicted molar refractivity (Wildman–Crippen MR) is 113 cm³/mol. The molecule has 2 aliphatic rings. The van der Waals surface area contributed by atoms with Gasteiger partial charge in [0, 0.05) is 31.6 Å². The lowest BCUT2D eigenvalue weighted by atomic mass is 10.1. The number of hydrogen-bond acceptors (Lipinski definition) is 6. The number of furan rings is 1. The molecule has 2 aliphatic heterocycles. The lowest BCUT2D eigenvalue weighted by Crippen LogP contribution is -2.40. The van der Waals surface area contributed by atoms with Gasteiger partial charge in [-0.2, -0.15) is 0 Å². The molecule has 156 valence electrons. The number of allylic oxidation sites excluding steroid dienone is 1. The second-order valence-electron chi connectivity index (χ2n) is 7.36. The van der Waals surface area contributed by atoms with E-state index < -0.39 is 0 Å². The average molecular weight is 417 g/mol. The molecular formula is C23H19N3O5. The van der Waals surface area contributed by atoms with Gasteiger partial charge in [0.05, 0.1) is 30.3 Å². The van der Waals surface area contributed by atoms with Crippen LogP contribution in [0.3, 0.4) is 0 Å². The Labute approximate surface area is 177 Å². The third-order valence-corrected chi connectivity index (χ3v) is 5.37. The minimum atomic E-state index is -0.257. The number of carbonyl (C=O) groups is 3. The number of aromatic nitrogens is 1. The standard InChI is InChI=1S/C23H19N3O5/c1-14(27)26-18-5-3-2-4-16(18)22(28)19(26)12-15-6-7-20-17(24-15)13-21(31-20)23(29)25-8-10-30-11-9-25/h2-7,12-13H,8-11H2,1H3/b19-12+. The van der Waals surface area contributed by atoms with Crippen molar-refractivity contribution in [2.24, 2.45) is 0 Å². The van der Waals surface area contributed by atoms with Gasteiger partial charge < -0.3 is 14.1 Å². The molecule has 0 spiro atoms. The van der Waals surface area contributed by atoms with Crippen LogP contribution in [0.2, 0.25) is 0 Å². The molecule has 0 atom stereocenters. The largest absolute Gasteiger partial charge is 0.449 e. The molecular weight excluding hydrogens is 398 g/mol. The number of ether oxygens (including phenoxy) is 1. The van der Waals surface area contributed by atoms with Crippen LogP contribution in [-0.4, -0.2) is 53.8 Å². The molecule has 2 amide bonds. The van der Waals surface area contributed by atoms with Gasteiger partial charge in [-0.3, -0.25) is 19.3 Å². The summed E-state index contributed by atoms with van der Waals surface area (Å²) in [6.07, 6.45) is 1.58. The SMILES string of the molecule is CC(=O)N1/C(=C/c2ccc3oc(C(=O)N4CCOCC4)cc3n2)C(=O)c2ccccc21. The molecule has 8 heteroatoms. The van der Waals surface area contributed by atoms with Crippen LogP contribution in [-0.2, 0) is 9.53 Å². The summed E-state index contributed by atoms with van der Waals surface area (Å²) in [5.41, 5.74) is 2.75. The molecule has 4 heterocycles. The summed E-state index contributed by atoms with van der Waals surface area (Å²) in [4.78, 5) is 45.4. The van der Waals surface area contributed by atoms with E-state index in [4.69, 9.17) is 9.15 Å². The van der Waals surface area contributed by atoms with Crippen molar-refractivity contribution in [2.75, 3.05) is 31.2 Å². The van der Waals surface area contributed by atoms with Gasteiger partial charge in [0.25, 0.3) is 5.91 Å². The van der Waals surface area contributed by atoms with E-state index in [9.17, 15) is 14.4 Å². The third kappa shape index (κ3) is 3.30. The molecule has 31 heavy (non-hydrogen) atoms. The first-order valence-corrected chi connectivity index (χ1v) is 9.96. The quantitative estimate of drug-likeness (QED) is 0.596. The van der Waals surface area contributed by atoms with E-state index in [1.807, 2.05) is 0 Å². The molecule has 8 nitrogen and oxygen atoms in total. The van der Waals surface area contributed by atoms with Gasteiger partial charge in [-0.05, 0) is 30.3 Å². The maximum atomic E-state index is 12.9. The fourth-order valence-corrected chi connectivity index (χ4v) is 3.89. The molecule has 2 aromatic heterocycles. The highest BCUT2D eigenvalue weighted by atomic mass is 16.5. The van der Waals surface area contributed by atoms with Gasteiger partial charge in [-0.25, -0.2) is 4.98 Å². The summed E-state index contributed by atoms with van der Waals surface area (Å²) in [5, 5.41) is 0. The summed E-state index contributed by atoms with van der Waals surface area (Å²) in [6, 6.07) is 12.0. The average Bonchev–Trinajstić information content (AvgIpc) is 3.33. The number of morpholine rings is 1. The van der Waals surface area contributed by atoms with E-state index >= 15 is 0 Å². The number of fused-ring (bicyclic) bond motifs is 2. The summed E-state index contributed by atoms with van der Waals surface area (Å²) in [7, 11) is 0. The van der Waals surface area contributed by atoms with E-state index in [1.165, 1.54) is 11.8 Å².